The Kier molecular flexibility index (Phi) is 3.32. The molecular weight excluding hydrogens is 284 g/mol. The zero-order valence-corrected chi connectivity index (χ0v) is 12.8. The van der Waals surface area contributed by atoms with Gasteiger partial charge in [-0.05, 0) is 43.9 Å². The average Bonchev–Trinajstić information content (AvgIpc) is 3.04. The highest BCUT2D eigenvalue weighted by Gasteiger charge is 2.46. The summed E-state index contributed by atoms with van der Waals surface area (Å²) < 4.78 is 5.79. The van der Waals surface area contributed by atoms with E-state index in [9.17, 15) is 10.0 Å². The van der Waals surface area contributed by atoms with Crippen molar-refractivity contribution in [1.82, 2.24) is 20.2 Å². The van der Waals surface area contributed by atoms with E-state index in [1.54, 1.807) is 4.90 Å². The number of nitrogens with zero attached hydrogens (tertiary/aromatic N) is 4. The van der Waals surface area contributed by atoms with Gasteiger partial charge in [0.15, 0.2) is 0 Å². The fourth-order valence-corrected chi connectivity index (χ4v) is 4.04. The van der Waals surface area contributed by atoms with E-state index in [1.165, 1.54) is 12.8 Å². The molecule has 7 heteroatoms. The van der Waals surface area contributed by atoms with Gasteiger partial charge in [0.2, 0.25) is 11.8 Å². The number of hydrogen-bond donors (Lipinski definition) is 1. The van der Waals surface area contributed by atoms with E-state index in [1.807, 2.05) is 0 Å². The van der Waals surface area contributed by atoms with Gasteiger partial charge in [0, 0.05) is 13.0 Å². The van der Waals surface area contributed by atoms with Crippen LogP contribution in [0, 0.1) is 11.8 Å². The first kappa shape index (κ1) is 14.0. The van der Waals surface area contributed by atoms with Crippen molar-refractivity contribution in [3.8, 4) is 0 Å². The van der Waals surface area contributed by atoms with Crippen LogP contribution in [0.2, 0.25) is 0 Å². The third kappa shape index (κ3) is 2.27. The predicted octanol–water partition coefficient (Wildman–Crippen LogP) is 2.38. The van der Waals surface area contributed by atoms with E-state index in [0.717, 1.165) is 42.6 Å². The van der Waals surface area contributed by atoms with Gasteiger partial charge in [0.25, 0.3) is 0 Å². The first-order valence-electron chi connectivity index (χ1n) is 8.22. The third-order valence-corrected chi connectivity index (χ3v) is 5.35. The highest BCUT2D eigenvalue weighted by Crippen LogP contribution is 2.38. The summed E-state index contributed by atoms with van der Waals surface area (Å²) in [5.41, 5.74) is 0. The Balaban J connectivity index is 1.40. The molecule has 7 nitrogen and oxygen atoms in total. The molecule has 1 aromatic heterocycles. The number of carbonyl (C=O) groups excluding carboxylic acids is 1. The Bertz CT molecular complexity index is 569. The molecular formula is C15H22N4O3. The number of aryl methyl sites for hydroxylation is 1. The molecule has 4 rings (SSSR count). The Morgan fingerprint density at radius 3 is 2.91 bits per heavy atom. The smallest absolute Gasteiger partial charge is 0.344 e. The SMILES string of the molecule is C[C@H]1C[C@@H](CCc2nnc([C@@H]3CC[C@@H]4CN3C(=O)N4O)o2)C1. The van der Waals surface area contributed by atoms with Gasteiger partial charge >= 0.3 is 6.03 Å². The largest absolute Gasteiger partial charge is 0.423 e. The molecule has 1 aliphatic carbocycles. The summed E-state index contributed by atoms with van der Waals surface area (Å²) in [6.07, 6.45) is 6.06. The third-order valence-electron chi connectivity index (χ3n) is 5.35. The molecule has 2 bridgehead atoms. The number of fused-ring (bicyclic) bond motifs is 2. The number of rotatable bonds is 4. The van der Waals surface area contributed by atoms with Gasteiger partial charge in [-0.3, -0.25) is 5.21 Å². The summed E-state index contributed by atoms with van der Waals surface area (Å²) in [6.45, 7) is 2.83. The van der Waals surface area contributed by atoms with Crippen LogP contribution in [-0.2, 0) is 6.42 Å². The fourth-order valence-electron chi connectivity index (χ4n) is 4.04. The first-order valence-corrected chi connectivity index (χ1v) is 8.22. The molecule has 0 aromatic carbocycles. The summed E-state index contributed by atoms with van der Waals surface area (Å²) in [5.74, 6) is 2.84. The van der Waals surface area contributed by atoms with Crippen molar-refractivity contribution in [2.75, 3.05) is 6.54 Å². The summed E-state index contributed by atoms with van der Waals surface area (Å²) >= 11 is 0. The number of hydrogen-bond acceptors (Lipinski definition) is 5. The molecule has 1 N–H and O–H groups in total. The van der Waals surface area contributed by atoms with Crippen LogP contribution in [0.4, 0.5) is 4.79 Å². The summed E-state index contributed by atoms with van der Waals surface area (Å²) in [6, 6.07) is -0.631. The Morgan fingerprint density at radius 2 is 2.14 bits per heavy atom. The minimum absolute atomic E-state index is 0.0910. The highest BCUT2D eigenvalue weighted by atomic mass is 16.5. The molecule has 0 unspecified atom stereocenters. The number of hydroxylamine groups is 2. The molecule has 2 atom stereocenters. The summed E-state index contributed by atoms with van der Waals surface area (Å²) in [7, 11) is 0. The van der Waals surface area contributed by atoms with Crippen molar-refractivity contribution in [2.24, 2.45) is 11.8 Å². The van der Waals surface area contributed by atoms with Gasteiger partial charge in [-0.25, -0.2) is 9.86 Å². The maximum Gasteiger partial charge on any atom is 0.344 e. The molecule has 120 valence electrons. The number of amides is 2. The van der Waals surface area contributed by atoms with Crippen LogP contribution in [-0.4, -0.2) is 44.0 Å². The van der Waals surface area contributed by atoms with Crippen molar-refractivity contribution in [2.45, 2.75) is 57.5 Å². The second kappa shape index (κ2) is 5.22. The van der Waals surface area contributed by atoms with Crippen LogP contribution >= 0.6 is 0 Å². The molecule has 3 heterocycles. The fraction of sp³-hybridized carbons (Fsp3) is 0.800. The topological polar surface area (TPSA) is 82.7 Å². The minimum atomic E-state index is -0.351. The molecule has 2 saturated heterocycles. The van der Waals surface area contributed by atoms with E-state index < -0.39 is 0 Å². The van der Waals surface area contributed by atoms with E-state index in [4.69, 9.17) is 4.42 Å². The van der Waals surface area contributed by atoms with E-state index >= 15 is 0 Å². The van der Waals surface area contributed by atoms with Crippen LogP contribution in [0.3, 0.4) is 0 Å². The number of piperidine rings is 1. The van der Waals surface area contributed by atoms with Crippen LogP contribution in [0.15, 0.2) is 4.42 Å². The van der Waals surface area contributed by atoms with E-state index in [2.05, 4.69) is 17.1 Å². The second-order valence-corrected chi connectivity index (χ2v) is 7.04. The zero-order chi connectivity index (χ0) is 15.3. The van der Waals surface area contributed by atoms with Crippen LogP contribution < -0.4 is 0 Å². The van der Waals surface area contributed by atoms with Crippen LogP contribution in [0.1, 0.15) is 56.9 Å². The van der Waals surface area contributed by atoms with Crippen LogP contribution in [0.5, 0.6) is 0 Å². The van der Waals surface area contributed by atoms with Crippen molar-refractivity contribution in [3.63, 3.8) is 0 Å². The molecule has 0 radical (unpaired) electrons. The Hall–Kier alpha value is -1.63. The van der Waals surface area contributed by atoms with Gasteiger partial charge < -0.3 is 9.32 Å². The maximum absolute atomic E-state index is 12.0. The minimum Gasteiger partial charge on any atom is -0.423 e. The summed E-state index contributed by atoms with van der Waals surface area (Å²) in [4.78, 5) is 13.6. The summed E-state index contributed by atoms with van der Waals surface area (Å²) in [5, 5.41) is 18.8. The van der Waals surface area contributed by atoms with E-state index in [-0.39, 0.29) is 18.1 Å². The van der Waals surface area contributed by atoms with Gasteiger partial charge in [-0.2, -0.15) is 0 Å². The van der Waals surface area contributed by atoms with Crippen molar-refractivity contribution in [3.05, 3.63) is 11.8 Å². The van der Waals surface area contributed by atoms with Gasteiger partial charge in [-0.1, -0.05) is 6.92 Å². The predicted molar refractivity (Wildman–Crippen MR) is 76.0 cm³/mol. The lowest BCUT2D eigenvalue weighted by Gasteiger charge is -2.32. The number of urea groups is 1. The van der Waals surface area contributed by atoms with Gasteiger partial charge in [0.05, 0.1) is 6.04 Å². The molecule has 0 spiro atoms. The standard InChI is InChI=1S/C15H22N4O3/c1-9-6-10(7-9)2-5-13-16-17-14(22-13)12-4-3-11-8-18(12)15(20)19(11)21/h9-12,21H,2-8H2,1H3/t9-,10+,11-,12+/m1/s1. The lowest BCUT2D eigenvalue weighted by atomic mass is 9.74. The monoisotopic (exact) mass is 306 g/mol. The average molecular weight is 306 g/mol. The lowest BCUT2D eigenvalue weighted by Crippen LogP contribution is -2.34. The first-order chi connectivity index (χ1) is 10.6. The second-order valence-electron chi connectivity index (χ2n) is 7.04. The number of aromatic nitrogens is 2. The van der Waals surface area contributed by atoms with Crippen molar-refractivity contribution in [1.29, 1.82) is 0 Å². The molecule has 2 aliphatic heterocycles. The maximum atomic E-state index is 12.0. The quantitative estimate of drug-likeness (QED) is 0.864. The van der Waals surface area contributed by atoms with Crippen molar-refractivity contribution >= 4 is 6.03 Å². The molecule has 22 heavy (non-hydrogen) atoms. The van der Waals surface area contributed by atoms with Gasteiger partial charge in [0.1, 0.15) is 6.04 Å². The molecule has 3 fully saturated rings. The Labute approximate surface area is 129 Å². The molecule has 1 aromatic rings. The highest BCUT2D eigenvalue weighted by molar-refractivity contribution is 5.76. The molecule has 3 aliphatic rings. The van der Waals surface area contributed by atoms with Gasteiger partial charge in [-0.15, -0.1) is 10.2 Å². The van der Waals surface area contributed by atoms with E-state index in [0.29, 0.717) is 18.3 Å². The number of carbonyl (C=O) groups is 1. The van der Waals surface area contributed by atoms with Crippen LogP contribution in [0.25, 0.3) is 0 Å². The molecule has 1 saturated carbocycles. The molecule has 2 amide bonds. The lowest BCUT2D eigenvalue weighted by molar-refractivity contribution is -0.0584. The van der Waals surface area contributed by atoms with Crippen molar-refractivity contribution < 1.29 is 14.4 Å². The zero-order valence-electron chi connectivity index (χ0n) is 12.8. The Morgan fingerprint density at radius 1 is 1.32 bits per heavy atom. The normalized spacial score (nSPS) is 34.2.